The molecule has 0 fully saturated rings. The molecule has 1 aliphatic heterocycles. The van der Waals surface area contributed by atoms with E-state index in [0.29, 0.717) is 12.8 Å². The number of fused-ring (bicyclic) bond motifs is 1. The van der Waals surface area contributed by atoms with Gasteiger partial charge in [0.05, 0.1) is 6.54 Å². The minimum absolute atomic E-state index is 0.0200. The van der Waals surface area contributed by atoms with Crippen LogP contribution in [-0.4, -0.2) is 17.0 Å². The fourth-order valence-corrected chi connectivity index (χ4v) is 3.72. The van der Waals surface area contributed by atoms with E-state index in [-0.39, 0.29) is 5.91 Å². The summed E-state index contributed by atoms with van der Waals surface area (Å²) >= 11 is 0. The molecule has 2 heterocycles. The number of aryl methyl sites for hydroxylation is 2. The molecule has 1 aromatic carbocycles. The van der Waals surface area contributed by atoms with Gasteiger partial charge in [-0.05, 0) is 61.2 Å². The molecule has 0 atom stereocenters. The monoisotopic (exact) mass is 375 g/mol. The van der Waals surface area contributed by atoms with Crippen molar-refractivity contribution in [2.24, 2.45) is 0 Å². The highest BCUT2D eigenvalue weighted by molar-refractivity contribution is 5.93. The third-order valence-corrected chi connectivity index (χ3v) is 5.27. The zero-order valence-electron chi connectivity index (χ0n) is 16.9. The van der Waals surface area contributed by atoms with Gasteiger partial charge in [0.2, 0.25) is 5.91 Å². The zero-order chi connectivity index (χ0) is 20.1. The number of hydrogen-bond acceptors (Lipinski definition) is 2. The summed E-state index contributed by atoms with van der Waals surface area (Å²) in [6.45, 7) is 14.5. The molecule has 0 radical (unpaired) electrons. The van der Waals surface area contributed by atoms with Crippen LogP contribution in [0.15, 0.2) is 67.4 Å². The number of anilines is 2. The molecule has 0 bridgehead atoms. The van der Waals surface area contributed by atoms with Crippen molar-refractivity contribution in [2.45, 2.75) is 39.8 Å². The van der Waals surface area contributed by atoms with E-state index in [9.17, 15) is 4.79 Å². The van der Waals surface area contributed by atoms with Crippen molar-refractivity contribution in [3.8, 4) is 0 Å². The Kier molecular flexibility index (Phi) is 6.19. The molecule has 0 aliphatic carbocycles. The highest BCUT2D eigenvalue weighted by Crippen LogP contribution is 2.29. The maximum Gasteiger partial charge on any atom is 0.224 e. The summed E-state index contributed by atoms with van der Waals surface area (Å²) in [4.78, 5) is 14.8. The summed E-state index contributed by atoms with van der Waals surface area (Å²) in [5, 5.41) is 3.09. The van der Waals surface area contributed by atoms with Crippen LogP contribution in [0.2, 0.25) is 0 Å². The van der Waals surface area contributed by atoms with Gasteiger partial charge in [0.25, 0.3) is 0 Å². The third-order valence-electron chi connectivity index (χ3n) is 5.27. The standard InChI is InChI=1S/C24H29N3O/c1-5-8-20(6-2)10-11-23(28)25-24-18(3)15-22(16-19(24)4)27-14-13-26-12-7-9-21(26)17-27/h5-9,12,15-16H,1-2,10-11,13-14,17H2,3-4H3,(H,25,28)/b20-8+. The number of benzene rings is 1. The second-order valence-electron chi connectivity index (χ2n) is 7.30. The molecule has 0 unspecified atom stereocenters. The van der Waals surface area contributed by atoms with Crippen LogP contribution in [0.5, 0.6) is 0 Å². The van der Waals surface area contributed by atoms with Gasteiger partial charge in [0.15, 0.2) is 0 Å². The third kappa shape index (κ3) is 4.45. The van der Waals surface area contributed by atoms with E-state index in [0.717, 1.165) is 42.0 Å². The maximum atomic E-state index is 12.4. The molecule has 28 heavy (non-hydrogen) atoms. The van der Waals surface area contributed by atoms with Gasteiger partial charge < -0.3 is 14.8 Å². The Morgan fingerprint density at radius 1 is 1.18 bits per heavy atom. The van der Waals surface area contributed by atoms with Crippen LogP contribution in [0.25, 0.3) is 0 Å². The molecule has 0 saturated carbocycles. The highest BCUT2D eigenvalue weighted by Gasteiger charge is 2.18. The number of allylic oxidation sites excluding steroid dienone is 4. The Hall–Kier alpha value is -3.01. The van der Waals surface area contributed by atoms with Gasteiger partial charge in [-0.3, -0.25) is 4.79 Å². The summed E-state index contributed by atoms with van der Waals surface area (Å²) in [5.41, 5.74) is 6.67. The van der Waals surface area contributed by atoms with Crippen LogP contribution in [-0.2, 0) is 17.9 Å². The predicted molar refractivity (Wildman–Crippen MR) is 118 cm³/mol. The molecule has 1 N–H and O–H groups in total. The Morgan fingerprint density at radius 3 is 2.61 bits per heavy atom. The Balaban J connectivity index is 1.68. The summed E-state index contributed by atoms with van der Waals surface area (Å²) in [5.74, 6) is 0.0200. The topological polar surface area (TPSA) is 37.3 Å². The van der Waals surface area contributed by atoms with E-state index in [1.165, 1.54) is 11.4 Å². The number of carbonyl (C=O) groups excluding carboxylic acids is 1. The molecule has 4 nitrogen and oxygen atoms in total. The van der Waals surface area contributed by atoms with Gasteiger partial charge in [-0.15, -0.1) is 0 Å². The van der Waals surface area contributed by atoms with E-state index in [4.69, 9.17) is 0 Å². The van der Waals surface area contributed by atoms with Gasteiger partial charge in [0.1, 0.15) is 0 Å². The lowest BCUT2D eigenvalue weighted by atomic mass is 10.1. The van der Waals surface area contributed by atoms with Crippen LogP contribution in [0.4, 0.5) is 11.4 Å². The zero-order valence-corrected chi connectivity index (χ0v) is 16.9. The average Bonchev–Trinajstić information content (AvgIpc) is 3.15. The average molecular weight is 376 g/mol. The number of nitrogens with one attached hydrogen (secondary N) is 1. The van der Waals surface area contributed by atoms with Crippen molar-refractivity contribution in [3.63, 3.8) is 0 Å². The van der Waals surface area contributed by atoms with E-state index < -0.39 is 0 Å². The quantitative estimate of drug-likeness (QED) is 0.680. The summed E-state index contributed by atoms with van der Waals surface area (Å²) in [6, 6.07) is 8.64. The molecule has 0 spiro atoms. The molecule has 2 aromatic rings. The molecular weight excluding hydrogens is 346 g/mol. The van der Waals surface area contributed by atoms with Crippen LogP contribution < -0.4 is 10.2 Å². The van der Waals surface area contributed by atoms with Crippen LogP contribution >= 0.6 is 0 Å². The fraction of sp³-hybridized carbons (Fsp3) is 0.292. The fourth-order valence-electron chi connectivity index (χ4n) is 3.72. The Labute approximate surface area is 167 Å². The van der Waals surface area contributed by atoms with Gasteiger partial charge in [-0.25, -0.2) is 0 Å². The number of rotatable bonds is 7. The number of carbonyl (C=O) groups is 1. The Morgan fingerprint density at radius 2 is 1.93 bits per heavy atom. The van der Waals surface area contributed by atoms with E-state index in [1.807, 2.05) is 6.08 Å². The van der Waals surface area contributed by atoms with Gasteiger partial charge in [0, 0.05) is 42.8 Å². The molecule has 3 rings (SSSR count). The SMILES string of the molecule is C=C/C=C(\C=C)CCC(=O)Nc1c(C)cc(N2CCn3cccc3C2)cc1C. The van der Waals surface area contributed by atoms with Crippen molar-refractivity contribution in [3.05, 3.63) is 84.2 Å². The van der Waals surface area contributed by atoms with Crippen LogP contribution in [0.1, 0.15) is 29.7 Å². The first kappa shape index (κ1) is 19.7. The first-order valence-corrected chi connectivity index (χ1v) is 9.76. The van der Waals surface area contributed by atoms with E-state index in [2.05, 4.69) is 72.3 Å². The molecule has 0 saturated heterocycles. The Bertz CT molecular complexity index is 897. The summed E-state index contributed by atoms with van der Waals surface area (Å²) < 4.78 is 2.31. The van der Waals surface area contributed by atoms with Crippen molar-refractivity contribution in [2.75, 3.05) is 16.8 Å². The molecule has 146 valence electrons. The van der Waals surface area contributed by atoms with Crippen molar-refractivity contribution in [1.29, 1.82) is 0 Å². The molecule has 1 aromatic heterocycles. The molecular formula is C24H29N3O. The van der Waals surface area contributed by atoms with Crippen molar-refractivity contribution < 1.29 is 4.79 Å². The first-order valence-electron chi connectivity index (χ1n) is 9.76. The van der Waals surface area contributed by atoms with Crippen LogP contribution in [0, 0.1) is 13.8 Å². The lowest BCUT2D eigenvalue weighted by molar-refractivity contribution is -0.116. The second kappa shape index (κ2) is 8.79. The first-order chi connectivity index (χ1) is 13.5. The molecule has 1 aliphatic rings. The second-order valence-corrected chi connectivity index (χ2v) is 7.30. The number of amides is 1. The van der Waals surface area contributed by atoms with Crippen molar-refractivity contribution in [1.82, 2.24) is 4.57 Å². The number of nitrogens with zero attached hydrogens (tertiary/aromatic N) is 2. The predicted octanol–water partition coefficient (Wildman–Crippen LogP) is 5.14. The minimum Gasteiger partial charge on any atom is -0.364 e. The summed E-state index contributed by atoms with van der Waals surface area (Å²) in [7, 11) is 0. The van der Waals surface area contributed by atoms with Gasteiger partial charge in [-0.1, -0.05) is 31.4 Å². The lowest BCUT2D eigenvalue weighted by Crippen LogP contribution is -2.33. The maximum absolute atomic E-state index is 12.4. The van der Waals surface area contributed by atoms with E-state index >= 15 is 0 Å². The van der Waals surface area contributed by atoms with E-state index in [1.54, 1.807) is 12.2 Å². The van der Waals surface area contributed by atoms with Crippen molar-refractivity contribution >= 4 is 17.3 Å². The largest absolute Gasteiger partial charge is 0.364 e. The van der Waals surface area contributed by atoms with Crippen LogP contribution in [0.3, 0.4) is 0 Å². The molecule has 4 heteroatoms. The van der Waals surface area contributed by atoms with Gasteiger partial charge >= 0.3 is 0 Å². The number of hydrogen-bond donors (Lipinski definition) is 1. The normalized spacial score (nSPS) is 13.8. The molecule has 1 amide bonds. The summed E-state index contributed by atoms with van der Waals surface area (Å²) in [6.07, 6.45) is 8.61. The minimum atomic E-state index is 0.0200. The lowest BCUT2D eigenvalue weighted by Gasteiger charge is -2.31. The smallest absolute Gasteiger partial charge is 0.224 e. The van der Waals surface area contributed by atoms with Gasteiger partial charge in [-0.2, -0.15) is 0 Å². The number of aromatic nitrogens is 1. The highest BCUT2D eigenvalue weighted by atomic mass is 16.1.